The number of hydrogen-bond donors (Lipinski definition) is 3. The quantitative estimate of drug-likeness (QED) is 0.136. The number of oxime groups is 1. The van der Waals surface area contributed by atoms with Gasteiger partial charge in [-0.3, -0.25) is 4.72 Å². The van der Waals surface area contributed by atoms with Gasteiger partial charge in [-0.15, -0.1) is 0 Å². The first kappa shape index (κ1) is 22.7. The molecule has 3 aromatic carbocycles. The van der Waals surface area contributed by atoms with Crippen LogP contribution in [-0.4, -0.2) is 24.4 Å². The number of fused-ring (bicyclic) bond motifs is 1. The van der Waals surface area contributed by atoms with Gasteiger partial charge < -0.3 is 10.9 Å². The standard InChI is InChI=1S/C24H16F2N4O3S/c25-18-12-19(26)14-20(13-18)34(32,33)30-23-11-16(21-6-1-2-7-22(21)28-23)9-8-15-4-3-5-17(10-15)24(27)29-31/h1-7,10-14,31H,(H2,27,29)(H,28,30). The van der Waals surface area contributed by atoms with E-state index in [0.717, 1.165) is 0 Å². The minimum atomic E-state index is -4.32. The fourth-order valence-electron chi connectivity index (χ4n) is 3.16. The van der Waals surface area contributed by atoms with Gasteiger partial charge in [0, 0.05) is 28.1 Å². The van der Waals surface area contributed by atoms with Crippen molar-refractivity contribution in [3.05, 3.63) is 101 Å². The Bertz CT molecular complexity index is 1590. The molecule has 4 N–H and O–H groups in total. The normalized spacial score (nSPS) is 11.6. The predicted molar refractivity (Wildman–Crippen MR) is 124 cm³/mol. The zero-order valence-electron chi connectivity index (χ0n) is 17.3. The topological polar surface area (TPSA) is 118 Å². The number of amidine groups is 1. The number of para-hydroxylation sites is 1. The zero-order chi connectivity index (χ0) is 24.3. The summed E-state index contributed by atoms with van der Waals surface area (Å²) in [7, 11) is -4.32. The first-order valence-corrected chi connectivity index (χ1v) is 11.2. The summed E-state index contributed by atoms with van der Waals surface area (Å²) in [6, 6.07) is 17.1. The van der Waals surface area contributed by atoms with E-state index in [0.29, 0.717) is 45.8 Å². The van der Waals surface area contributed by atoms with Crippen molar-refractivity contribution in [3.63, 3.8) is 0 Å². The van der Waals surface area contributed by atoms with E-state index in [1.807, 2.05) is 0 Å². The van der Waals surface area contributed by atoms with Crippen molar-refractivity contribution in [1.82, 2.24) is 4.98 Å². The van der Waals surface area contributed by atoms with E-state index in [1.54, 1.807) is 48.5 Å². The van der Waals surface area contributed by atoms with Gasteiger partial charge in [0.25, 0.3) is 10.0 Å². The molecule has 4 aromatic rings. The molecule has 0 radical (unpaired) electrons. The highest BCUT2D eigenvalue weighted by molar-refractivity contribution is 7.92. The van der Waals surface area contributed by atoms with Gasteiger partial charge in [0.2, 0.25) is 0 Å². The second-order valence-electron chi connectivity index (χ2n) is 7.10. The third kappa shape index (κ3) is 4.95. The monoisotopic (exact) mass is 478 g/mol. The van der Waals surface area contributed by atoms with Crippen LogP contribution in [-0.2, 0) is 10.0 Å². The zero-order valence-corrected chi connectivity index (χ0v) is 18.1. The average molecular weight is 478 g/mol. The number of anilines is 1. The van der Waals surface area contributed by atoms with E-state index in [2.05, 4.69) is 26.7 Å². The molecule has 1 aromatic heterocycles. The number of hydrogen-bond acceptors (Lipinski definition) is 5. The number of nitrogens with zero attached hydrogens (tertiary/aromatic N) is 2. The Labute approximate surface area is 193 Å². The molecular formula is C24H16F2N4O3S. The van der Waals surface area contributed by atoms with Gasteiger partial charge in [-0.05, 0) is 36.4 Å². The third-order valence-corrected chi connectivity index (χ3v) is 6.04. The van der Waals surface area contributed by atoms with Crippen molar-refractivity contribution in [2.24, 2.45) is 10.9 Å². The maximum atomic E-state index is 13.5. The molecule has 7 nitrogen and oxygen atoms in total. The van der Waals surface area contributed by atoms with E-state index in [4.69, 9.17) is 10.9 Å². The van der Waals surface area contributed by atoms with Crippen LogP contribution in [0.2, 0.25) is 0 Å². The molecule has 0 bridgehead atoms. The summed E-state index contributed by atoms with van der Waals surface area (Å²) in [5.41, 5.74) is 7.59. The highest BCUT2D eigenvalue weighted by atomic mass is 32.2. The van der Waals surface area contributed by atoms with E-state index in [1.165, 1.54) is 6.07 Å². The largest absolute Gasteiger partial charge is 0.409 e. The van der Waals surface area contributed by atoms with Gasteiger partial charge in [0.15, 0.2) is 5.84 Å². The SMILES string of the molecule is NC(=NO)c1cccc(C#Cc2cc(NS(=O)(=O)c3cc(F)cc(F)c3)nc3ccccc23)c1. The fourth-order valence-corrected chi connectivity index (χ4v) is 4.20. The number of nitrogens with two attached hydrogens (primary N) is 1. The fraction of sp³-hybridized carbons (Fsp3) is 0. The van der Waals surface area contributed by atoms with Crippen molar-refractivity contribution in [1.29, 1.82) is 0 Å². The maximum Gasteiger partial charge on any atom is 0.263 e. The molecule has 0 aliphatic carbocycles. The van der Waals surface area contributed by atoms with Gasteiger partial charge in [0.1, 0.15) is 17.5 Å². The minimum Gasteiger partial charge on any atom is -0.409 e. The van der Waals surface area contributed by atoms with Gasteiger partial charge in [0.05, 0.1) is 10.4 Å². The van der Waals surface area contributed by atoms with Crippen LogP contribution in [0.4, 0.5) is 14.6 Å². The summed E-state index contributed by atoms with van der Waals surface area (Å²) in [6.45, 7) is 0. The predicted octanol–water partition coefficient (Wildman–Crippen LogP) is 3.81. The van der Waals surface area contributed by atoms with Gasteiger partial charge in [-0.1, -0.05) is 47.3 Å². The van der Waals surface area contributed by atoms with Crippen molar-refractivity contribution in [2.75, 3.05) is 4.72 Å². The number of pyridine rings is 1. The summed E-state index contributed by atoms with van der Waals surface area (Å²) >= 11 is 0. The Morgan fingerprint density at radius 3 is 2.44 bits per heavy atom. The minimum absolute atomic E-state index is 0.0662. The number of sulfonamides is 1. The average Bonchev–Trinajstić information content (AvgIpc) is 2.81. The van der Waals surface area contributed by atoms with Crippen LogP contribution in [0.25, 0.3) is 10.9 Å². The second-order valence-corrected chi connectivity index (χ2v) is 8.78. The number of nitrogens with one attached hydrogen (secondary N) is 1. The molecule has 0 aliphatic rings. The molecule has 0 amide bonds. The van der Waals surface area contributed by atoms with E-state index >= 15 is 0 Å². The molecule has 0 spiro atoms. The summed E-state index contributed by atoms with van der Waals surface area (Å²) in [5, 5.41) is 12.5. The van der Waals surface area contributed by atoms with Crippen LogP contribution in [0.1, 0.15) is 16.7 Å². The van der Waals surface area contributed by atoms with Gasteiger partial charge in [-0.25, -0.2) is 22.2 Å². The highest BCUT2D eigenvalue weighted by Gasteiger charge is 2.18. The maximum absolute atomic E-state index is 13.5. The molecule has 0 saturated heterocycles. The van der Waals surface area contributed by atoms with Crippen molar-refractivity contribution < 1.29 is 22.4 Å². The lowest BCUT2D eigenvalue weighted by Crippen LogP contribution is -2.14. The molecule has 0 unspecified atom stereocenters. The van der Waals surface area contributed by atoms with Crippen LogP contribution >= 0.6 is 0 Å². The van der Waals surface area contributed by atoms with E-state index < -0.39 is 26.6 Å². The van der Waals surface area contributed by atoms with Gasteiger partial charge >= 0.3 is 0 Å². The summed E-state index contributed by atoms with van der Waals surface area (Å²) in [5.74, 6) is 3.77. The highest BCUT2D eigenvalue weighted by Crippen LogP contribution is 2.23. The second kappa shape index (κ2) is 9.17. The first-order valence-electron chi connectivity index (χ1n) is 9.74. The lowest BCUT2D eigenvalue weighted by atomic mass is 10.1. The first-order chi connectivity index (χ1) is 16.2. The summed E-state index contributed by atoms with van der Waals surface area (Å²) in [4.78, 5) is 3.71. The number of rotatable bonds is 4. The third-order valence-electron chi connectivity index (χ3n) is 4.71. The van der Waals surface area contributed by atoms with Crippen LogP contribution < -0.4 is 10.5 Å². The summed E-state index contributed by atoms with van der Waals surface area (Å²) in [6.07, 6.45) is 0. The van der Waals surface area contributed by atoms with E-state index in [9.17, 15) is 17.2 Å². The molecule has 10 heteroatoms. The molecule has 0 aliphatic heterocycles. The van der Waals surface area contributed by atoms with Crippen molar-refractivity contribution in [3.8, 4) is 11.8 Å². The smallest absolute Gasteiger partial charge is 0.263 e. The molecule has 4 rings (SSSR count). The molecular weight excluding hydrogens is 462 g/mol. The van der Waals surface area contributed by atoms with Crippen LogP contribution in [0.3, 0.4) is 0 Å². The van der Waals surface area contributed by atoms with Crippen LogP contribution in [0.5, 0.6) is 0 Å². The molecule has 1 heterocycles. The van der Waals surface area contributed by atoms with Crippen LogP contribution in [0.15, 0.2) is 82.8 Å². The Morgan fingerprint density at radius 1 is 0.971 bits per heavy atom. The number of benzene rings is 3. The van der Waals surface area contributed by atoms with Crippen molar-refractivity contribution in [2.45, 2.75) is 4.90 Å². The Morgan fingerprint density at radius 2 is 1.71 bits per heavy atom. The lowest BCUT2D eigenvalue weighted by Gasteiger charge is -2.10. The van der Waals surface area contributed by atoms with Gasteiger partial charge in [-0.2, -0.15) is 0 Å². The molecule has 0 saturated carbocycles. The molecule has 0 fully saturated rings. The van der Waals surface area contributed by atoms with Crippen LogP contribution in [0, 0.1) is 23.5 Å². The number of aromatic nitrogens is 1. The summed E-state index contributed by atoms with van der Waals surface area (Å²) < 4.78 is 54.7. The molecule has 170 valence electrons. The molecule has 34 heavy (non-hydrogen) atoms. The Kier molecular flexibility index (Phi) is 6.12. The Hall–Kier alpha value is -4.49. The molecule has 0 atom stereocenters. The van der Waals surface area contributed by atoms with E-state index in [-0.39, 0.29) is 11.7 Å². The van der Waals surface area contributed by atoms with Crippen molar-refractivity contribution >= 4 is 32.6 Å². The Balaban J connectivity index is 1.76. The number of halogens is 2. The lowest BCUT2D eigenvalue weighted by molar-refractivity contribution is 0.318.